The number of nitrogens with two attached hydrogens (primary N) is 1. The van der Waals surface area contributed by atoms with Gasteiger partial charge < -0.3 is 10.5 Å². The first-order chi connectivity index (χ1) is 8.49. The highest BCUT2D eigenvalue weighted by atomic mass is 79.9. The van der Waals surface area contributed by atoms with Crippen LogP contribution >= 0.6 is 28.3 Å². The number of methoxy groups -OCH3 is 1. The summed E-state index contributed by atoms with van der Waals surface area (Å²) in [6.45, 7) is 0.945. The van der Waals surface area contributed by atoms with E-state index in [0.29, 0.717) is 23.3 Å². The van der Waals surface area contributed by atoms with Crippen molar-refractivity contribution in [3.63, 3.8) is 0 Å². The molecular formula is C11H18BrClN2O3S. The molecule has 0 bridgehead atoms. The molecule has 0 saturated carbocycles. The Labute approximate surface area is 128 Å². The summed E-state index contributed by atoms with van der Waals surface area (Å²) in [6, 6.07) is 4.72. The van der Waals surface area contributed by atoms with Crippen LogP contribution in [0.15, 0.2) is 27.6 Å². The predicted molar refractivity (Wildman–Crippen MR) is 81.4 cm³/mol. The van der Waals surface area contributed by atoms with Crippen molar-refractivity contribution in [2.24, 2.45) is 5.73 Å². The summed E-state index contributed by atoms with van der Waals surface area (Å²) in [5.74, 6) is 0.492. The van der Waals surface area contributed by atoms with E-state index in [-0.39, 0.29) is 17.3 Å². The Bertz CT molecular complexity index is 497. The van der Waals surface area contributed by atoms with Gasteiger partial charge in [-0.1, -0.05) is 15.9 Å². The summed E-state index contributed by atoms with van der Waals surface area (Å²) >= 11 is 3.25. The van der Waals surface area contributed by atoms with Crippen LogP contribution in [0.2, 0.25) is 0 Å². The number of ether oxygens (including phenoxy) is 1. The van der Waals surface area contributed by atoms with Crippen LogP contribution in [0.4, 0.5) is 0 Å². The smallest absolute Gasteiger partial charge is 0.240 e. The van der Waals surface area contributed by atoms with Gasteiger partial charge in [0.1, 0.15) is 5.75 Å². The van der Waals surface area contributed by atoms with Gasteiger partial charge in [-0.05, 0) is 31.5 Å². The van der Waals surface area contributed by atoms with Crippen molar-refractivity contribution in [3.05, 3.63) is 22.7 Å². The fourth-order valence-corrected chi connectivity index (χ4v) is 3.13. The topological polar surface area (TPSA) is 81.4 Å². The summed E-state index contributed by atoms with van der Waals surface area (Å²) in [4.78, 5) is 0.182. The molecule has 0 atom stereocenters. The molecule has 0 heterocycles. The Balaban J connectivity index is 0.00000324. The average molecular weight is 374 g/mol. The van der Waals surface area contributed by atoms with Crippen molar-refractivity contribution in [3.8, 4) is 5.75 Å². The van der Waals surface area contributed by atoms with E-state index in [1.165, 1.54) is 19.2 Å². The Kier molecular flexibility index (Phi) is 8.60. The zero-order chi connectivity index (χ0) is 13.6. The molecular weight excluding hydrogens is 356 g/mol. The van der Waals surface area contributed by atoms with Crippen molar-refractivity contribution >= 4 is 38.4 Å². The molecule has 1 rings (SSSR count). The van der Waals surface area contributed by atoms with Crippen LogP contribution in [-0.2, 0) is 10.0 Å². The molecule has 1 aromatic carbocycles. The highest BCUT2D eigenvalue weighted by molar-refractivity contribution is 9.10. The average Bonchev–Trinajstić information content (AvgIpc) is 2.34. The summed E-state index contributed by atoms with van der Waals surface area (Å²) in [5, 5.41) is 0. The first-order valence-electron chi connectivity index (χ1n) is 5.54. The lowest BCUT2D eigenvalue weighted by Crippen LogP contribution is -2.25. The standard InChI is InChI=1S/C11H17BrN2O3S.ClH/c1-17-10-6-9(12)7-11(8-10)18(15,16)14-5-3-2-4-13;/h6-8,14H,2-5,13H2,1H3;1H. The molecule has 0 aliphatic carbocycles. The van der Waals surface area contributed by atoms with E-state index < -0.39 is 10.0 Å². The summed E-state index contributed by atoms with van der Waals surface area (Å²) < 4.78 is 32.2. The number of rotatable bonds is 7. The van der Waals surface area contributed by atoms with Crippen LogP contribution in [0, 0.1) is 0 Å². The second-order valence-electron chi connectivity index (χ2n) is 3.72. The van der Waals surface area contributed by atoms with Crippen molar-refractivity contribution in [1.82, 2.24) is 4.72 Å². The van der Waals surface area contributed by atoms with E-state index in [0.717, 1.165) is 12.8 Å². The first-order valence-corrected chi connectivity index (χ1v) is 7.81. The Morgan fingerprint density at radius 2 is 2.00 bits per heavy atom. The van der Waals surface area contributed by atoms with E-state index in [1.54, 1.807) is 6.07 Å². The van der Waals surface area contributed by atoms with Crippen LogP contribution in [-0.4, -0.2) is 28.6 Å². The second-order valence-corrected chi connectivity index (χ2v) is 6.40. The molecule has 0 unspecified atom stereocenters. The summed E-state index contributed by atoms with van der Waals surface area (Å²) in [6.07, 6.45) is 1.52. The molecule has 110 valence electrons. The lowest BCUT2D eigenvalue weighted by atomic mass is 10.3. The van der Waals surface area contributed by atoms with Gasteiger partial charge in [-0.3, -0.25) is 0 Å². The fraction of sp³-hybridized carbons (Fsp3) is 0.455. The maximum atomic E-state index is 12.0. The number of nitrogens with one attached hydrogen (secondary N) is 1. The molecule has 5 nitrogen and oxygen atoms in total. The van der Waals surface area contributed by atoms with E-state index >= 15 is 0 Å². The Morgan fingerprint density at radius 3 is 2.58 bits per heavy atom. The molecule has 19 heavy (non-hydrogen) atoms. The van der Waals surface area contributed by atoms with Crippen molar-refractivity contribution in [2.75, 3.05) is 20.2 Å². The maximum Gasteiger partial charge on any atom is 0.240 e. The van der Waals surface area contributed by atoms with Gasteiger partial charge >= 0.3 is 0 Å². The second kappa shape index (κ2) is 8.76. The normalized spacial score (nSPS) is 10.9. The van der Waals surface area contributed by atoms with Crippen LogP contribution in [0.1, 0.15) is 12.8 Å². The third-order valence-electron chi connectivity index (χ3n) is 2.31. The predicted octanol–water partition coefficient (Wildman–Crippen LogP) is 1.90. The molecule has 0 fully saturated rings. The minimum Gasteiger partial charge on any atom is -0.497 e. The van der Waals surface area contributed by atoms with Crippen LogP contribution in [0.3, 0.4) is 0 Å². The number of unbranched alkanes of at least 4 members (excludes halogenated alkanes) is 1. The number of benzene rings is 1. The van der Waals surface area contributed by atoms with Crippen LogP contribution < -0.4 is 15.2 Å². The van der Waals surface area contributed by atoms with Crippen molar-refractivity contribution in [2.45, 2.75) is 17.7 Å². The summed E-state index contributed by atoms with van der Waals surface area (Å²) in [7, 11) is -2.00. The minimum absolute atomic E-state index is 0. The number of hydrogen-bond donors (Lipinski definition) is 2. The maximum absolute atomic E-state index is 12.0. The molecule has 0 saturated heterocycles. The largest absolute Gasteiger partial charge is 0.497 e. The van der Waals surface area contributed by atoms with Gasteiger partial charge in [-0.25, -0.2) is 13.1 Å². The lowest BCUT2D eigenvalue weighted by molar-refractivity contribution is 0.413. The molecule has 0 aliphatic rings. The summed E-state index contributed by atoms with van der Waals surface area (Å²) in [5.41, 5.74) is 5.35. The van der Waals surface area contributed by atoms with Gasteiger partial charge in [-0.15, -0.1) is 12.4 Å². The molecule has 0 radical (unpaired) electrons. The highest BCUT2D eigenvalue weighted by Gasteiger charge is 2.15. The SMILES string of the molecule is COc1cc(Br)cc(S(=O)(=O)NCCCCN)c1.Cl. The highest BCUT2D eigenvalue weighted by Crippen LogP contribution is 2.24. The fourth-order valence-electron chi connectivity index (χ4n) is 1.37. The number of hydrogen-bond acceptors (Lipinski definition) is 4. The molecule has 8 heteroatoms. The molecule has 0 aliphatic heterocycles. The van der Waals surface area contributed by atoms with Gasteiger partial charge in [0.05, 0.1) is 12.0 Å². The van der Waals surface area contributed by atoms with E-state index in [2.05, 4.69) is 20.7 Å². The lowest BCUT2D eigenvalue weighted by Gasteiger charge is -2.08. The molecule has 1 aromatic rings. The molecule has 0 amide bonds. The molecule has 0 aromatic heterocycles. The van der Waals surface area contributed by atoms with Crippen molar-refractivity contribution < 1.29 is 13.2 Å². The quantitative estimate of drug-likeness (QED) is 0.715. The first kappa shape index (κ1) is 18.7. The van der Waals surface area contributed by atoms with Crippen LogP contribution in [0.25, 0.3) is 0 Å². The number of halogens is 2. The zero-order valence-corrected chi connectivity index (χ0v) is 13.8. The van der Waals surface area contributed by atoms with Gasteiger partial charge in [-0.2, -0.15) is 0 Å². The number of sulfonamides is 1. The minimum atomic E-state index is -3.50. The van der Waals surface area contributed by atoms with Crippen LogP contribution in [0.5, 0.6) is 5.75 Å². The zero-order valence-electron chi connectivity index (χ0n) is 10.6. The van der Waals surface area contributed by atoms with Crippen molar-refractivity contribution in [1.29, 1.82) is 0 Å². The molecule has 3 N–H and O–H groups in total. The van der Waals surface area contributed by atoms with E-state index in [9.17, 15) is 8.42 Å². The van der Waals surface area contributed by atoms with Gasteiger partial charge in [0, 0.05) is 17.1 Å². The monoisotopic (exact) mass is 372 g/mol. The third kappa shape index (κ3) is 6.09. The van der Waals surface area contributed by atoms with Gasteiger partial charge in [0.2, 0.25) is 10.0 Å². The molecule has 0 spiro atoms. The van der Waals surface area contributed by atoms with Gasteiger partial charge in [0.25, 0.3) is 0 Å². The Hall–Kier alpha value is -0.340. The Morgan fingerprint density at radius 1 is 1.32 bits per heavy atom. The van der Waals surface area contributed by atoms with E-state index in [1.807, 2.05) is 0 Å². The van der Waals surface area contributed by atoms with Gasteiger partial charge in [0.15, 0.2) is 0 Å². The van der Waals surface area contributed by atoms with E-state index in [4.69, 9.17) is 10.5 Å². The third-order valence-corrected chi connectivity index (χ3v) is 4.21.